The molecule has 0 radical (unpaired) electrons. The predicted molar refractivity (Wildman–Crippen MR) is 131 cm³/mol. The minimum absolute atomic E-state index is 0.462. The average Bonchev–Trinajstić information content (AvgIpc) is 3.25. The molecule has 0 atom stereocenters. The van der Waals surface area contributed by atoms with Gasteiger partial charge in [0.25, 0.3) is 0 Å². The van der Waals surface area contributed by atoms with Gasteiger partial charge in [-0.05, 0) is 90.9 Å². The van der Waals surface area contributed by atoms with Crippen LogP contribution in [0.2, 0.25) is 0 Å². The molecule has 3 aromatic rings. The monoisotopic (exact) mass is 444 g/mol. The lowest BCUT2D eigenvalue weighted by molar-refractivity contribution is 0.0257. The Hall–Kier alpha value is -3.11. The van der Waals surface area contributed by atoms with Crippen molar-refractivity contribution in [1.82, 2.24) is 0 Å². The van der Waals surface area contributed by atoms with Gasteiger partial charge in [-0.25, -0.2) is 0 Å². The van der Waals surface area contributed by atoms with Gasteiger partial charge in [-0.3, -0.25) is 4.79 Å². The first-order valence-corrected chi connectivity index (χ1v) is 11.7. The van der Waals surface area contributed by atoms with Crippen molar-refractivity contribution in [2.24, 2.45) is 0 Å². The van der Waals surface area contributed by atoms with Crippen molar-refractivity contribution in [1.29, 1.82) is 0 Å². The van der Waals surface area contributed by atoms with E-state index in [0.29, 0.717) is 25.2 Å². The van der Waals surface area contributed by atoms with E-state index in [9.17, 15) is 9.90 Å². The number of ether oxygens (including phenoxy) is 2. The molecule has 0 saturated heterocycles. The fraction of sp³-hybridized carbons (Fsp3) is 0.345. The lowest BCUT2D eigenvalue weighted by Crippen LogP contribution is -2.26. The van der Waals surface area contributed by atoms with Crippen LogP contribution in [0.25, 0.3) is 11.1 Å². The minimum atomic E-state index is -0.537. The molecule has 1 aliphatic carbocycles. The normalized spacial score (nSPS) is 14.8. The highest BCUT2D eigenvalue weighted by Crippen LogP contribution is 2.34. The summed E-state index contributed by atoms with van der Waals surface area (Å²) in [4.78, 5) is 10.8. The SMILES string of the molecule is Cc1cc(OCCC2(O)CCCC2)ccc1-c1cccc(COc2ccc(C=O)cc2)c1C. The average molecular weight is 445 g/mol. The van der Waals surface area contributed by atoms with Crippen LogP contribution in [0.4, 0.5) is 0 Å². The Morgan fingerprint density at radius 3 is 2.33 bits per heavy atom. The predicted octanol–water partition coefficient (Wildman–Crippen LogP) is 6.44. The number of aliphatic hydroxyl groups is 1. The van der Waals surface area contributed by atoms with Crippen molar-refractivity contribution in [3.63, 3.8) is 0 Å². The van der Waals surface area contributed by atoms with Gasteiger partial charge in [-0.1, -0.05) is 37.1 Å². The molecule has 1 N–H and O–H groups in total. The smallest absolute Gasteiger partial charge is 0.150 e. The number of rotatable bonds is 9. The molecule has 33 heavy (non-hydrogen) atoms. The van der Waals surface area contributed by atoms with Gasteiger partial charge in [0.2, 0.25) is 0 Å². The van der Waals surface area contributed by atoms with Crippen LogP contribution in [0.15, 0.2) is 60.7 Å². The van der Waals surface area contributed by atoms with E-state index in [2.05, 4.69) is 44.2 Å². The third-order valence-electron chi connectivity index (χ3n) is 6.71. The van der Waals surface area contributed by atoms with Crippen LogP contribution < -0.4 is 9.47 Å². The summed E-state index contributed by atoms with van der Waals surface area (Å²) in [5.41, 5.74) is 5.91. The summed E-state index contributed by atoms with van der Waals surface area (Å²) in [6.07, 6.45) is 5.51. The number of hydrogen-bond acceptors (Lipinski definition) is 4. The Labute approximate surface area is 196 Å². The maximum absolute atomic E-state index is 10.8. The number of aryl methyl sites for hydroxylation is 1. The molecule has 4 nitrogen and oxygen atoms in total. The molecular formula is C29H32O4. The van der Waals surface area contributed by atoms with Crippen LogP contribution in [-0.2, 0) is 6.61 Å². The fourth-order valence-corrected chi connectivity index (χ4v) is 4.61. The van der Waals surface area contributed by atoms with Gasteiger partial charge >= 0.3 is 0 Å². The summed E-state index contributed by atoms with van der Waals surface area (Å²) in [5.74, 6) is 1.58. The molecular weight excluding hydrogens is 412 g/mol. The van der Waals surface area contributed by atoms with E-state index < -0.39 is 5.60 Å². The third kappa shape index (κ3) is 5.63. The van der Waals surface area contributed by atoms with Crippen LogP contribution in [0, 0.1) is 13.8 Å². The number of benzene rings is 3. The van der Waals surface area contributed by atoms with Gasteiger partial charge < -0.3 is 14.6 Å². The van der Waals surface area contributed by atoms with E-state index in [1.54, 1.807) is 12.1 Å². The van der Waals surface area contributed by atoms with E-state index in [1.165, 1.54) is 16.7 Å². The molecule has 1 saturated carbocycles. The largest absolute Gasteiger partial charge is 0.493 e. The van der Waals surface area contributed by atoms with Crippen LogP contribution in [-0.4, -0.2) is 23.6 Å². The lowest BCUT2D eigenvalue weighted by atomic mass is 9.93. The molecule has 0 unspecified atom stereocenters. The van der Waals surface area contributed by atoms with Crippen LogP contribution in [0.1, 0.15) is 59.2 Å². The Balaban J connectivity index is 1.42. The first-order valence-electron chi connectivity index (χ1n) is 11.7. The minimum Gasteiger partial charge on any atom is -0.493 e. The Morgan fingerprint density at radius 1 is 0.909 bits per heavy atom. The van der Waals surface area contributed by atoms with Crippen molar-refractivity contribution < 1.29 is 19.4 Å². The summed E-state index contributed by atoms with van der Waals surface area (Å²) in [6.45, 7) is 5.22. The van der Waals surface area contributed by atoms with Crippen molar-refractivity contribution in [3.8, 4) is 22.6 Å². The standard InChI is InChI=1S/C29H32O4/c1-21-18-26(32-17-16-29(31)14-3-4-15-29)12-13-27(21)28-7-5-6-24(22(28)2)20-33-25-10-8-23(19-30)9-11-25/h5-13,18-19,31H,3-4,14-17,20H2,1-2H3. The van der Waals surface area contributed by atoms with Gasteiger partial charge in [0.1, 0.15) is 24.4 Å². The molecule has 4 rings (SSSR count). The van der Waals surface area contributed by atoms with Crippen molar-refractivity contribution >= 4 is 6.29 Å². The van der Waals surface area contributed by atoms with Crippen molar-refractivity contribution in [2.75, 3.05) is 6.61 Å². The summed E-state index contributed by atoms with van der Waals surface area (Å²) in [7, 11) is 0. The maximum Gasteiger partial charge on any atom is 0.150 e. The van der Waals surface area contributed by atoms with Crippen molar-refractivity contribution in [3.05, 3.63) is 82.9 Å². The van der Waals surface area contributed by atoms with Gasteiger partial charge in [0, 0.05) is 12.0 Å². The topological polar surface area (TPSA) is 55.8 Å². The van der Waals surface area contributed by atoms with Gasteiger partial charge in [0.15, 0.2) is 0 Å². The Bertz CT molecular complexity index is 1100. The third-order valence-corrected chi connectivity index (χ3v) is 6.71. The molecule has 0 spiro atoms. The van der Waals surface area contributed by atoms with E-state index in [1.807, 2.05) is 18.2 Å². The second kappa shape index (κ2) is 10.2. The summed E-state index contributed by atoms with van der Waals surface area (Å²) in [5, 5.41) is 10.5. The first-order chi connectivity index (χ1) is 16.0. The molecule has 0 aliphatic heterocycles. The van der Waals surface area contributed by atoms with Gasteiger partial charge in [-0.15, -0.1) is 0 Å². The van der Waals surface area contributed by atoms with E-state index in [-0.39, 0.29) is 0 Å². The molecule has 1 fully saturated rings. The number of carbonyl (C=O) groups is 1. The quantitative estimate of drug-likeness (QED) is 0.386. The highest BCUT2D eigenvalue weighted by molar-refractivity contribution is 5.75. The molecule has 0 aromatic heterocycles. The Morgan fingerprint density at radius 2 is 1.64 bits per heavy atom. The van der Waals surface area contributed by atoms with Crippen LogP contribution in [0.5, 0.6) is 11.5 Å². The zero-order chi connectivity index (χ0) is 23.3. The zero-order valence-corrected chi connectivity index (χ0v) is 19.5. The molecule has 0 heterocycles. The highest BCUT2D eigenvalue weighted by atomic mass is 16.5. The number of aldehydes is 1. The van der Waals surface area contributed by atoms with E-state index in [4.69, 9.17) is 9.47 Å². The summed E-state index contributed by atoms with van der Waals surface area (Å²) in [6, 6.07) is 19.6. The molecule has 0 bridgehead atoms. The second-order valence-electron chi connectivity index (χ2n) is 9.07. The summed E-state index contributed by atoms with van der Waals surface area (Å²) < 4.78 is 11.9. The summed E-state index contributed by atoms with van der Waals surface area (Å²) >= 11 is 0. The van der Waals surface area contributed by atoms with Crippen molar-refractivity contribution in [2.45, 2.75) is 58.2 Å². The van der Waals surface area contributed by atoms with Crippen LogP contribution in [0.3, 0.4) is 0 Å². The first kappa shape index (κ1) is 23.1. The zero-order valence-electron chi connectivity index (χ0n) is 19.5. The van der Waals surface area contributed by atoms with Gasteiger partial charge in [-0.2, -0.15) is 0 Å². The van der Waals surface area contributed by atoms with Gasteiger partial charge in [0.05, 0.1) is 12.2 Å². The molecule has 172 valence electrons. The number of carbonyl (C=O) groups excluding carboxylic acids is 1. The molecule has 3 aromatic carbocycles. The fourth-order valence-electron chi connectivity index (χ4n) is 4.61. The van der Waals surface area contributed by atoms with E-state index >= 15 is 0 Å². The van der Waals surface area contributed by atoms with Crippen LogP contribution >= 0.6 is 0 Å². The highest BCUT2D eigenvalue weighted by Gasteiger charge is 2.30. The molecule has 1 aliphatic rings. The lowest BCUT2D eigenvalue weighted by Gasteiger charge is -2.22. The second-order valence-corrected chi connectivity index (χ2v) is 9.07. The maximum atomic E-state index is 10.8. The molecule has 4 heteroatoms. The molecule has 0 amide bonds. The Kier molecular flexibility index (Phi) is 7.14. The number of hydrogen-bond donors (Lipinski definition) is 1. The van der Waals surface area contributed by atoms with E-state index in [0.717, 1.165) is 54.6 Å².